The maximum absolute atomic E-state index is 13.4. The van der Waals surface area contributed by atoms with Crippen molar-refractivity contribution in [3.8, 4) is 5.75 Å². The van der Waals surface area contributed by atoms with Gasteiger partial charge >= 0.3 is 0 Å². The zero-order valence-electron chi connectivity index (χ0n) is 14.5. The Labute approximate surface area is 151 Å². The molecule has 2 aromatic rings. The molecule has 26 heavy (non-hydrogen) atoms. The standard InChI is InChI=1S/C20H21FN2O3/c1-26-17-9-6-15(7-10-17)8-11-19(24)22-13-12-20(25)23-14-16-4-2-3-5-18(16)21/h2-11H,12-14H2,1H3,(H,22,24)(H,23,25)/b11-8+. The van der Waals surface area contributed by atoms with Crippen LogP contribution in [0.3, 0.4) is 0 Å². The monoisotopic (exact) mass is 356 g/mol. The Hall–Kier alpha value is -3.15. The van der Waals surface area contributed by atoms with E-state index in [1.54, 1.807) is 43.5 Å². The molecule has 2 N–H and O–H groups in total. The van der Waals surface area contributed by atoms with Crippen LogP contribution < -0.4 is 15.4 Å². The first-order valence-electron chi connectivity index (χ1n) is 8.18. The van der Waals surface area contributed by atoms with Crippen molar-refractivity contribution in [3.63, 3.8) is 0 Å². The van der Waals surface area contributed by atoms with Gasteiger partial charge in [-0.25, -0.2) is 4.39 Å². The highest BCUT2D eigenvalue weighted by Crippen LogP contribution is 2.12. The van der Waals surface area contributed by atoms with E-state index in [0.29, 0.717) is 5.56 Å². The summed E-state index contributed by atoms with van der Waals surface area (Å²) in [4.78, 5) is 23.5. The Bertz CT molecular complexity index is 773. The third-order valence-electron chi connectivity index (χ3n) is 3.63. The van der Waals surface area contributed by atoms with Gasteiger partial charge in [-0.05, 0) is 29.8 Å². The molecular formula is C20H21FN2O3. The molecular weight excluding hydrogens is 335 g/mol. The molecule has 0 atom stereocenters. The third-order valence-corrected chi connectivity index (χ3v) is 3.63. The van der Waals surface area contributed by atoms with Gasteiger partial charge in [0.2, 0.25) is 11.8 Å². The van der Waals surface area contributed by atoms with Crippen LogP contribution in [0.5, 0.6) is 5.75 Å². The van der Waals surface area contributed by atoms with Gasteiger partial charge in [-0.1, -0.05) is 30.3 Å². The zero-order chi connectivity index (χ0) is 18.8. The number of nitrogens with one attached hydrogen (secondary N) is 2. The maximum Gasteiger partial charge on any atom is 0.244 e. The molecule has 0 saturated heterocycles. The average Bonchev–Trinajstić information content (AvgIpc) is 2.66. The number of hydrogen-bond acceptors (Lipinski definition) is 3. The summed E-state index contributed by atoms with van der Waals surface area (Å²) < 4.78 is 18.5. The van der Waals surface area contributed by atoms with E-state index in [-0.39, 0.29) is 37.1 Å². The summed E-state index contributed by atoms with van der Waals surface area (Å²) >= 11 is 0. The Morgan fingerprint density at radius 1 is 1.08 bits per heavy atom. The van der Waals surface area contributed by atoms with E-state index in [0.717, 1.165) is 11.3 Å². The number of methoxy groups -OCH3 is 1. The molecule has 0 aliphatic heterocycles. The molecule has 0 fully saturated rings. The molecule has 2 amide bonds. The first kappa shape index (κ1) is 19.2. The SMILES string of the molecule is COc1ccc(/C=C/C(=O)NCCC(=O)NCc2ccccc2F)cc1. The van der Waals surface area contributed by atoms with E-state index in [1.807, 2.05) is 12.1 Å². The fraction of sp³-hybridized carbons (Fsp3) is 0.200. The number of rotatable bonds is 8. The van der Waals surface area contributed by atoms with Gasteiger partial charge in [-0.15, -0.1) is 0 Å². The summed E-state index contributed by atoms with van der Waals surface area (Å²) in [5.41, 5.74) is 1.29. The van der Waals surface area contributed by atoms with Gasteiger partial charge < -0.3 is 15.4 Å². The average molecular weight is 356 g/mol. The number of carbonyl (C=O) groups is 2. The summed E-state index contributed by atoms with van der Waals surface area (Å²) in [6, 6.07) is 13.5. The van der Waals surface area contributed by atoms with Crippen LogP contribution in [0, 0.1) is 5.82 Å². The van der Waals surface area contributed by atoms with Crippen molar-refractivity contribution >= 4 is 17.9 Å². The van der Waals surface area contributed by atoms with E-state index >= 15 is 0 Å². The van der Waals surface area contributed by atoms with Crippen molar-refractivity contribution in [1.82, 2.24) is 10.6 Å². The topological polar surface area (TPSA) is 67.4 Å². The minimum absolute atomic E-state index is 0.122. The minimum Gasteiger partial charge on any atom is -0.497 e. The van der Waals surface area contributed by atoms with E-state index in [4.69, 9.17) is 4.74 Å². The van der Waals surface area contributed by atoms with Crippen LogP contribution in [0.2, 0.25) is 0 Å². The molecule has 0 heterocycles. The minimum atomic E-state index is -0.357. The molecule has 0 aromatic heterocycles. The van der Waals surface area contributed by atoms with Gasteiger partial charge in [0.25, 0.3) is 0 Å². The van der Waals surface area contributed by atoms with Crippen molar-refractivity contribution in [3.05, 3.63) is 71.6 Å². The number of carbonyl (C=O) groups excluding carboxylic acids is 2. The largest absolute Gasteiger partial charge is 0.497 e. The van der Waals surface area contributed by atoms with E-state index in [9.17, 15) is 14.0 Å². The molecule has 2 rings (SSSR count). The Morgan fingerprint density at radius 3 is 2.50 bits per heavy atom. The molecule has 0 unspecified atom stereocenters. The molecule has 136 valence electrons. The zero-order valence-corrected chi connectivity index (χ0v) is 14.5. The van der Waals surface area contributed by atoms with Crippen LogP contribution in [0.4, 0.5) is 4.39 Å². The fourth-order valence-electron chi connectivity index (χ4n) is 2.17. The molecule has 0 saturated carbocycles. The summed E-state index contributed by atoms with van der Waals surface area (Å²) in [5.74, 6) is -0.159. The lowest BCUT2D eigenvalue weighted by Gasteiger charge is -2.06. The second kappa shape index (κ2) is 9.98. The Balaban J connectivity index is 1.67. The normalized spacial score (nSPS) is 10.5. The molecule has 5 nitrogen and oxygen atoms in total. The smallest absolute Gasteiger partial charge is 0.244 e. The van der Waals surface area contributed by atoms with Gasteiger partial charge in [0.15, 0.2) is 0 Å². The maximum atomic E-state index is 13.4. The summed E-state index contributed by atoms with van der Waals surface area (Å²) in [6.45, 7) is 0.325. The van der Waals surface area contributed by atoms with E-state index < -0.39 is 0 Å². The summed E-state index contributed by atoms with van der Waals surface area (Å²) in [7, 11) is 1.59. The molecule has 0 aliphatic carbocycles. The lowest BCUT2D eigenvalue weighted by molar-refractivity contribution is -0.121. The van der Waals surface area contributed by atoms with Crippen molar-refractivity contribution < 1.29 is 18.7 Å². The summed E-state index contributed by atoms with van der Waals surface area (Å²) in [5, 5.41) is 5.25. The van der Waals surface area contributed by atoms with Crippen molar-refractivity contribution in [2.24, 2.45) is 0 Å². The van der Waals surface area contributed by atoms with Gasteiger partial charge in [0, 0.05) is 31.1 Å². The molecule has 0 spiro atoms. The first-order valence-corrected chi connectivity index (χ1v) is 8.18. The molecule has 0 aliphatic rings. The van der Waals surface area contributed by atoms with E-state index in [2.05, 4.69) is 10.6 Å². The second-order valence-corrected chi connectivity index (χ2v) is 5.52. The van der Waals surface area contributed by atoms with Crippen molar-refractivity contribution in [2.75, 3.05) is 13.7 Å². The van der Waals surface area contributed by atoms with Crippen LogP contribution in [0.15, 0.2) is 54.6 Å². The number of halogens is 1. The molecule has 0 radical (unpaired) electrons. The van der Waals surface area contributed by atoms with Crippen LogP contribution in [-0.4, -0.2) is 25.5 Å². The predicted molar refractivity (Wildman–Crippen MR) is 97.9 cm³/mol. The number of amides is 2. The highest BCUT2D eigenvalue weighted by atomic mass is 19.1. The van der Waals surface area contributed by atoms with Gasteiger partial charge in [0.05, 0.1) is 7.11 Å². The molecule has 2 aromatic carbocycles. The Morgan fingerprint density at radius 2 is 1.81 bits per heavy atom. The molecule has 0 bridgehead atoms. The van der Waals surface area contributed by atoms with Crippen molar-refractivity contribution in [1.29, 1.82) is 0 Å². The lowest BCUT2D eigenvalue weighted by Crippen LogP contribution is -2.29. The van der Waals surface area contributed by atoms with Crippen LogP contribution in [0.25, 0.3) is 6.08 Å². The first-order chi connectivity index (χ1) is 12.6. The third kappa shape index (κ3) is 6.39. The quantitative estimate of drug-likeness (QED) is 0.715. The fourth-order valence-corrected chi connectivity index (χ4v) is 2.17. The van der Waals surface area contributed by atoms with Gasteiger partial charge in [-0.3, -0.25) is 9.59 Å². The van der Waals surface area contributed by atoms with Crippen molar-refractivity contribution in [2.45, 2.75) is 13.0 Å². The van der Waals surface area contributed by atoms with Crippen LogP contribution in [-0.2, 0) is 16.1 Å². The number of benzene rings is 2. The van der Waals surface area contributed by atoms with Crippen LogP contribution >= 0.6 is 0 Å². The summed E-state index contributed by atoms with van der Waals surface area (Å²) in [6.07, 6.45) is 3.20. The lowest BCUT2D eigenvalue weighted by atomic mass is 10.2. The Kier molecular flexibility index (Phi) is 7.36. The van der Waals surface area contributed by atoms with Crippen LogP contribution in [0.1, 0.15) is 17.5 Å². The second-order valence-electron chi connectivity index (χ2n) is 5.52. The van der Waals surface area contributed by atoms with Gasteiger partial charge in [0.1, 0.15) is 11.6 Å². The highest BCUT2D eigenvalue weighted by molar-refractivity contribution is 5.92. The highest BCUT2D eigenvalue weighted by Gasteiger charge is 2.05. The molecule has 6 heteroatoms. The number of ether oxygens (including phenoxy) is 1. The predicted octanol–water partition coefficient (Wildman–Crippen LogP) is 2.67. The van der Waals surface area contributed by atoms with Gasteiger partial charge in [-0.2, -0.15) is 0 Å². The number of hydrogen-bond donors (Lipinski definition) is 2. The van der Waals surface area contributed by atoms with E-state index in [1.165, 1.54) is 12.1 Å².